The van der Waals surface area contributed by atoms with Crippen LogP contribution in [-0.2, 0) is 17.9 Å². The Bertz CT molecular complexity index is 2120. The number of benzene rings is 2. The van der Waals surface area contributed by atoms with Crippen molar-refractivity contribution in [3.63, 3.8) is 0 Å². The molecule has 1 aliphatic carbocycles. The van der Waals surface area contributed by atoms with Crippen LogP contribution in [0.2, 0.25) is 10.0 Å². The molecule has 10 nitrogen and oxygen atoms in total. The van der Waals surface area contributed by atoms with Crippen molar-refractivity contribution in [1.29, 1.82) is 0 Å². The quantitative estimate of drug-likeness (QED) is 0.137. The number of hydrogen-bond acceptors (Lipinski definition) is 8. The van der Waals surface area contributed by atoms with Crippen molar-refractivity contribution in [2.24, 2.45) is 0 Å². The van der Waals surface area contributed by atoms with Gasteiger partial charge >= 0.3 is 0 Å². The number of hydrogen-bond donors (Lipinski definition) is 4. The van der Waals surface area contributed by atoms with Gasteiger partial charge in [-0.2, -0.15) is 0 Å². The Hall–Kier alpha value is -4.32. The predicted molar refractivity (Wildman–Crippen MR) is 191 cm³/mol. The number of carbonyl (C=O) groups is 1. The van der Waals surface area contributed by atoms with Crippen molar-refractivity contribution < 1.29 is 14.6 Å². The van der Waals surface area contributed by atoms with Gasteiger partial charge in [-0.05, 0) is 43.0 Å². The first kappa shape index (κ1) is 33.2. The van der Waals surface area contributed by atoms with Crippen molar-refractivity contribution in [2.45, 2.75) is 50.4 Å². The van der Waals surface area contributed by atoms with Gasteiger partial charge < -0.3 is 25.8 Å². The van der Waals surface area contributed by atoms with E-state index in [0.29, 0.717) is 65.4 Å². The number of methoxy groups -OCH3 is 1. The molecule has 1 atom stereocenters. The molecular weight excluding hydrogens is 663 g/mol. The van der Waals surface area contributed by atoms with Crippen molar-refractivity contribution in [3.8, 4) is 39.4 Å². The van der Waals surface area contributed by atoms with Gasteiger partial charge in [0.05, 0.1) is 28.5 Å². The summed E-state index contributed by atoms with van der Waals surface area (Å²) in [5, 5.41) is 20.6. The fourth-order valence-electron chi connectivity index (χ4n) is 6.20. The largest absolute Gasteiger partial charge is 0.481 e. The van der Waals surface area contributed by atoms with E-state index in [1.807, 2.05) is 60.7 Å². The van der Waals surface area contributed by atoms with Gasteiger partial charge in [0.15, 0.2) is 0 Å². The molecule has 0 radical (unpaired) electrons. The summed E-state index contributed by atoms with van der Waals surface area (Å²) in [5.74, 6) is 0.585. The second-order valence-corrected chi connectivity index (χ2v) is 13.4. The minimum absolute atomic E-state index is 0.0936. The number of fused-ring (bicyclic) bond motifs is 1. The molecule has 0 spiro atoms. The minimum Gasteiger partial charge on any atom is -0.481 e. The number of aliphatic hydroxyl groups is 1. The lowest BCUT2D eigenvalue weighted by Crippen LogP contribution is -2.35. The van der Waals surface area contributed by atoms with Crippen LogP contribution in [-0.4, -0.2) is 57.2 Å². The molecule has 4 N–H and O–H groups in total. The Morgan fingerprint density at radius 1 is 0.959 bits per heavy atom. The maximum atomic E-state index is 13.2. The zero-order valence-electron chi connectivity index (χ0n) is 26.9. The van der Waals surface area contributed by atoms with Crippen LogP contribution in [0, 0.1) is 0 Å². The predicted octanol–water partition coefficient (Wildman–Crippen LogP) is 5.39. The molecule has 5 aromatic rings. The number of pyridine rings is 2. The van der Waals surface area contributed by atoms with Crippen molar-refractivity contribution >= 4 is 34.8 Å². The summed E-state index contributed by atoms with van der Waals surface area (Å²) in [5.41, 5.74) is 5.59. The first-order valence-corrected chi connectivity index (χ1v) is 17.0. The lowest BCUT2D eigenvalue weighted by molar-refractivity contribution is -0.119. The van der Waals surface area contributed by atoms with Gasteiger partial charge in [0.2, 0.25) is 11.8 Å². The number of carbonyl (C=O) groups excluding carboxylic acids is 1. The number of rotatable bonds is 12. The van der Waals surface area contributed by atoms with Crippen LogP contribution in [0.25, 0.3) is 39.2 Å². The molecule has 2 fully saturated rings. The van der Waals surface area contributed by atoms with Crippen molar-refractivity contribution in [3.05, 3.63) is 105 Å². The van der Waals surface area contributed by atoms with E-state index in [4.69, 9.17) is 32.9 Å². The molecule has 0 unspecified atom stereocenters. The van der Waals surface area contributed by atoms with Crippen LogP contribution in [0.4, 0.5) is 0 Å². The number of nitrogens with one attached hydrogen (secondary N) is 3. The van der Waals surface area contributed by atoms with Crippen LogP contribution in [0.1, 0.15) is 36.8 Å². The Labute approximate surface area is 293 Å². The highest BCUT2D eigenvalue weighted by Crippen LogP contribution is 2.42. The van der Waals surface area contributed by atoms with E-state index in [2.05, 4.69) is 20.9 Å². The number of aromatic nitrogens is 3. The molecule has 2 aliphatic rings. The normalized spacial score (nSPS) is 16.6. The molecule has 7 rings (SSSR count). The third kappa shape index (κ3) is 7.06. The summed E-state index contributed by atoms with van der Waals surface area (Å²) in [6, 6.07) is 19.2. The van der Waals surface area contributed by atoms with Gasteiger partial charge in [0.25, 0.3) is 5.56 Å². The zero-order chi connectivity index (χ0) is 34.1. The topological polar surface area (TPSA) is 130 Å². The van der Waals surface area contributed by atoms with Crippen LogP contribution < -0.4 is 26.2 Å². The number of halogens is 2. The molecule has 3 aromatic heterocycles. The average molecular weight is 700 g/mol. The third-order valence-corrected chi connectivity index (χ3v) is 9.99. The van der Waals surface area contributed by atoms with Gasteiger partial charge in [-0.3, -0.25) is 14.0 Å². The van der Waals surface area contributed by atoms with Crippen molar-refractivity contribution in [1.82, 2.24) is 30.3 Å². The molecule has 1 saturated carbocycles. The Kier molecular flexibility index (Phi) is 9.41. The number of amides is 1. The van der Waals surface area contributed by atoms with E-state index in [1.54, 1.807) is 19.5 Å². The van der Waals surface area contributed by atoms with Crippen LogP contribution >= 0.6 is 23.2 Å². The Morgan fingerprint density at radius 2 is 1.67 bits per heavy atom. The van der Waals surface area contributed by atoms with Crippen LogP contribution in [0.3, 0.4) is 0 Å². The van der Waals surface area contributed by atoms with Gasteiger partial charge in [0, 0.05) is 84.4 Å². The molecular formula is C37H36Cl2N6O4. The molecule has 4 heterocycles. The van der Waals surface area contributed by atoms with E-state index in [0.717, 1.165) is 52.6 Å². The van der Waals surface area contributed by atoms with Crippen LogP contribution in [0.15, 0.2) is 77.9 Å². The second kappa shape index (κ2) is 13.9. The maximum absolute atomic E-state index is 13.2. The van der Waals surface area contributed by atoms with E-state index >= 15 is 0 Å². The Morgan fingerprint density at radius 3 is 2.39 bits per heavy atom. The first-order valence-electron chi connectivity index (χ1n) is 16.3. The van der Waals surface area contributed by atoms with E-state index in [9.17, 15) is 14.7 Å². The van der Waals surface area contributed by atoms with Gasteiger partial charge in [-0.25, -0.2) is 9.97 Å². The summed E-state index contributed by atoms with van der Waals surface area (Å²) in [7, 11) is 1.59. The van der Waals surface area contributed by atoms with Gasteiger partial charge in [-0.15, -0.1) is 0 Å². The molecule has 1 amide bonds. The lowest BCUT2D eigenvalue weighted by Gasteiger charge is -2.16. The average Bonchev–Trinajstić information content (AvgIpc) is 3.70. The fourth-order valence-corrected chi connectivity index (χ4v) is 6.86. The minimum atomic E-state index is -0.639. The molecule has 1 aliphatic heterocycles. The van der Waals surface area contributed by atoms with Crippen LogP contribution in [0.5, 0.6) is 5.88 Å². The summed E-state index contributed by atoms with van der Waals surface area (Å²) < 4.78 is 7.15. The highest BCUT2D eigenvalue weighted by atomic mass is 35.5. The SMILES string of the molecule is COc1nc(-c2cccc(-c3cccc(-c4ccn5c(=O)c(CNCC6(O)CC6)cnc5c4)c3Cl)c2Cl)ccc1CNC[C@H]1CCC(=O)N1. The fraction of sp³-hybridized carbons (Fsp3) is 0.297. The first-order chi connectivity index (χ1) is 23.7. The summed E-state index contributed by atoms with van der Waals surface area (Å²) >= 11 is 14.2. The summed E-state index contributed by atoms with van der Waals surface area (Å²) in [6.45, 7) is 2.00. The summed E-state index contributed by atoms with van der Waals surface area (Å²) in [4.78, 5) is 34.0. The second-order valence-electron chi connectivity index (χ2n) is 12.7. The van der Waals surface area contributed by atoms with Gasteiger partial charge in [-0.1, -0.05) is 65.7 Å². The maximum Gasteiger partial charge on any atom is 0.262 e. The molecule has 0 bridgehead atoms. The summed E-state index contributed by atoms with van der Waals surface area (Å²) in [6.07, 6.45) is 6.25. The highest BCUT2D eigenvalue weighted by Gasteiger charge is 2.39. The molecule has 1 saturated heterocycles. The van der Waals surface area contributed by atoms with Crippen molar-refractivity contribution in [2.75, 3.05) is 20.2 Å². The van der Waals surface area contributed by atoms with Gasteiger partial charge in [0.1, 0.15) is 5.65 Å². The van der Waals surface area contributed by atoms with E-state index in [1.165, 1.54) is 4.40 Å². The third-order valence-electron chi connectivity index (χ3n) is 9.18. The monoisotopic (exact) mass is 698 g/mol. The smallest absolute Gasteiger partial charge is 0.262 e. The van der Waals surface area contributed by atoms with E-state index in [-0.39, 0.29) is 17.5 Å². The molecule has 252 valence electrons. The highest BCUT2D eigenvalue weighted by molar-refractivity contribution is 6.39. The number of ether oxygens (including phenoxy) is 1. The molecule has 2 aromatic carbocycles. The lowest BCUT2D eigenvalue weighted by atomic mass is 9.97. The Balaban J connectivity index is 1.12. The molecule has 12 heteroatoms. The standard InChI is InChI=1S/C37H36Cl2N6O4/c1-49-35-23(17-40-20-25-9-11-32(46)43-25)8-10-30(44-35)29-7-3-6-28(34(29)39)27-5-2-4-26(33(27)38)22-12-15-45-31(16-22)42-19-24(36(45)47)18-41-21-37(48)13-14-37/h2-8,10,12,15-16,19,25,40-41,48H,9,11,13-14,17-18,20-21H2,1H3,(H,43,46)/t25-/m1/s1. The van der Waals surface area contributed by atoms with E-state index < -0.39 is 5.60 Å². The number of nitrogens with zero attached hydrogens (tertiary/aromatic N) is 3. The zero-order valence-corrected chi connectivity index (χ0v) is 28.4. The molecule has 49 heavy (non-hydrogen) atoms.